The molecule has 0 spiro atoms. The lowest BCUT2D eigenvalue weighted by atomic mass is 10.2. The SMILES string of the molecule is Cc1[nH]ncc1C(=O)N(C)CCc1cccs1. The molecule has 0 bridgehead atoms. The van der Waals surface area contributed by atoms with E-state index < -0.39 is 0 Å². The summed E-state index contributed by atoms with van der Waals surface area (Å²) in [5.74, 6) is 0.0211. The quantitative estimate of drug-likeness (QED) is 0.902. The molecule has 5 heteroatoms. The number of nitrogens with zero attached hydrogens (tertiary/aromatic N) is 2. The average molecular weight is 249 g/mol. The fourth-order valence-electron chi connectivity index (χ4n) is 1.61. The van der Waals surface area contributed by atoms with Gasteiger partial charge in [-0.05, 0) is 24.8 Å². The highest BCUT2D eigenvalue weighted by atomic mass is 32.1. The smallest absolute Gasteiger partial charge is 0.257 e. The van der Waals surface area contributed by atoms with Gasteiger partial charge in [-0.1, -0.05) is 6.07 Å². The predicted octanol–water partition coefficient (Wildman–Crippen LogP) is 2.09. The van der Waals surface area contributed by atoms with Gasteiger partial charge in [-0.2, -0.15) is 5.10 Å². The number of rotatable bonds is 4. The number of likely N-dealkylation sites (N-methyl/N-ethyl adjacent to an activating group) is 1. The van der Waals surface area contributed by atoms with Gasteiger partial charge < -0.3 is 4.90 Å². The molecule has 1 N–H and O–H groups in total. The molecule has 90 valence electrons. The monoisotopic (exact) mass is 249 g/mol. The highest BCUT2D eigenvalue weighted by Crippen LogP contribution is 2.11. The molecule has 2 rings (SSSR count). The summed E-state index contributed by atoms with van der Waals surface area (Å²) in [4.78, 5) is 15.1. The molecule has 1 amide bonds. The van der Waals surface area contributed by atoms with Gasteiger partial charge in [-0.15, -0.1) is 11.3 Å². The number of carbonyl (C=O) groups is 1. The molecule has 2 aromatic rings. The van der Waals surface area contributed by atoms with E-state index in [4.69, 9.17) is 0 Å². The Morgan fingerprint density at radius 1 is 1.59 bits per heavy atom. The Labute approximate surface area is 104 Å². The summed E-state index contributed by atoms with van der Waals surface area (Å²) in [7, 11) is 1.82. The zero-order valence-electron chi connectivity index (χ0n) is 9.93. The van der Waals surface area contributed by atoms with E-state index in [1.807, 2.05) is 20.0 Å². The van der Waals surface area contributed by atoms with Crippen LogP contribution in [0.2, 0.25) is 0 Å². The van der Waals surface area contributed by atoms with Crippen molar-refractivity contribution in [2.24, 2.45) is 0 Å². The number of aromatic nitrogens is 2. The van der Waals surface area contributed by atoms with Gasteiger partial charge >= 0.3 is 0 Å². The van der Waals surface area contributed by atoms with Crippen LogP contribution in [0.3, 0.4) is 0 Å². The molecule has 0 saturated carbocycles. The summed E-state index contributed by atoms with van der Waals surface area (Å²) in [5.41, 5.74) is 1.47. The van der Waals surface area contributed by atoms with Gasteiger partial charge in [0.05, 0.1) is 11.8 Å². The van der Waals surface area contributed by atoms with Crippen LogP contribution in [0.4, 0.5) is 0 Å². The maximum atomic E-state index is 12.1. The molecule has 0 atom stereocenters. The second-order valence-corrected chi connectivity index (χ2v) is 5.00. The molecule has 0 fully saturated rings. The van der Waals surface area contributed by atoms with E-state index in [1.54, 1.807) is 22.4 Å². The van der Waals surface area contributed by atoms with Crippen molar-refractivity contribution in [3.8, 4) is 0 Å². The molecule has 2 heterocycles. The number of amides is 1. The summed E-state index contributed by atoms with van der Waals surface area (Å²) in [6, 6.07) is 4.12. The molecule has 2 aromatic heterocycles. The number of carbonyl (C=O) groups excluding carboxylic acids is 1. The van der Waals surface area contributed by atoms with Crippen molar-refractivity contribution in [2.45, 2.75) is 13.3 Å². The zero-order chi connectivity index (χ0) is 12.3. The van der Waals surface area contributed by atoms with Crippen molar-refractivity contribution in [2.75, 3.05) is 13.6 Å². The number of aryl methyl sites for hydroxylation is 1. The molecule has 0 aliphatic rings. The summed E-state index contributed by atoms with van der Waals surface area (Å²) < 4.78 is 0. The van der Waals surface area contributed by atoms with E-state index in [-0.39, 0.29) is 5.91 Å². The van der Waals surface area contributed by atoms with E-state index in [0.717, 1.165) is 18.7 Å². The molecule has 0 aliphatic heterocycles. The van der Waals surface area contributed by atoms with Crippen LogP contribution in [0, 0.1) is 6.92 Å². The second kappa shape index (κ2) is 5.14. The minimum absolute atomic E-state index is 0.0211. The van der Waals surface area contributed by atoms with Gasteiger partial charge in [-0.25, -0.2) is 0 Å². The fourth-order valence-corrected chi connectivity index (χ4v) is 2.30. The van der Waals surface area contributed by atoms with Crippen LogP contribution in [0.5, 0.6) is 0 Å². The normalized spacial score (nSPS) is 10.5. The molecule has 0 aromatic carbocycles. The lowest BCUT2D eigenvalue weighted by Crippen LogP contribution is -2.28. The van der Waals surface area contributed by atoms with Crippen molar-refractivity contribution in [1.29, 1.82) is 0 Å². The van der Waals surface area contributed by atoms with Gasteiger partial charge in [0, 0.05) is 24.2 Å². The summed E-state index contributed by atoms with van der Waals surface area (Å²) in [6.07, 6.45) is 2.48. The number of H-pyrrole nitrogens is 1. The van der Waals surface area contributed by atoms with Crippen molar-refractivity contribution < 1.29 is 4.79 Å². The van der Waals surface area contributed by atoms with Crippen molar-refractivity contribution >= 4 is 17.2 Å². The highest BCUT2D eigenvalue weighted by molar-refractivity contribution is 7.09. The van der Waals surface area contributed by atoms with Crippen molar-refractivity contribution in [1.82, 2.24) is 15.1 Å². The third-order valence-corrected chi connectivity index (χ3v) is 3.62. The predicted molar refractivity (Wildman–Crippen MR) is 68.3 cm³/mol. The Balaban J connectivity index is 1.94. The molecule has 0 saturated heterocycles. The largest absolute Gasteiger partial charge is 0.341 e. The Kier molecular flexibility index (Phi) is 3.58. The van der Waals surface area contributed by atoms with E-state index in [0.29, 0.717) is 5.56 Å². The van der Waals surface area contributed by atoms with Crippen LogP contribution in [0.25, 0.3) is 0 Å². The second-order valence-electron chi connectivity index (χ2n) is 3.96. The molecule has 0 radical (unpaired) electrons. The first-order chi connectivity index (χ1) is 8.18. The maximum absolute atomic E-state index is 12.1. The minimum atomic E-state index is 0.0211. The third-order valence-electron chi connectivity index (χ3n) is 2.68. The Morgan fingerprint density at radius 2 is 2.41 bits per heavy atom. The molecule has 17 heavy (non-hydrogen) atoms. The van der Waals surface area contributed by atoms with Crippen LogP contribution in [-0.2, 0) is 6.42 Å². The number of hydrogen-bond acceptors (Lipinski definition) is 3. The number of aromatic amines is 1. The Morgan fingerprint density at radius 3 is 3.00 bits per heavy atom. The Bertz CT molecular complexity index is 490. The van der Waals surface area contributed by atoms with Gasteiger partial charge in [0.25, 0.3) is 5.91 Å². The van der Waals surface area contributed by atoms with E-state index in [2.05, 4.69) is 21.6 Å². The zero-order valence-corrected chi connectivity index (χ0v) is 10.8. The van der Waals surface area contributed by atoms with Crippen LogP contribution in [0.1, 0.15) is 20.9 Å². The topological polar surface area (TPSA) is 49.0 Å². The van der Waals surface area contributed by atoms with Crippen LogP contribution in [-0.4, -0.2) is 34.6 Å². The average Bonchev–Trinajstić information content (AvgIpc) is 2.95. The molecule has 4 nitrogen and oxygen atoms in total. The Hall–Kier alpha value is -1.62. The molecular weight excluding hydrogens is 234 g/mol. The first-order valence-electron chi connectivity index (χ1n) is 5.46. The van der Waals surface area contributed by atoms with E-state index in [9.17, 15) is 4.79 Å². The van der Waals surface area contributed by atoms with Crippen molar-refractivity contribution in [3.63, 3.8) is 0 Å². The van der Waals surface area contributed by atoms with Gasteiger partial charge in [0.2, 0.25) is 0 Å². The van der Waals surface area contributed by atoms with Crippen LogP contribution < -0.4 is 0 Å². The molecular formula is C12H15N3OS. The standard InChI is InChI=1S/C12H15N3OS/c1-9-11(8-13-14-9)12(16)15(2)6-5-10-4-3-7-17-10/h3-4,7-8H,5-6H2,1-2H3,(H,13,14). The summed E-state index contributed by atoms with van der Waals surface area (Å²) in [5, 5.41) is 8.70. The minimum Gasteiger partial charge on any atom is -0.341 e. The summed E-state index contributed by atoms with van der Waals surface area (Å²) >= 11 is 1.72. The molecule has 0 aliphatic carbocycles. The molecule has 0 unspecified atom stereocenters. The first kappa shape index (κ1) is 11.9. The number of thiophene rings is 1. The van der Waals surface area contributed by atoms with E-state index >= 15 is 0 Å². The number of nitrogens with one attached hydrogen (secondary N) is 1. The van der Waals surface area contributed by atoms with E-state index in [1.165, 1.54) is 4.88 Å². The fraction of sp³-hybridized carbons (Fsp3) is 0.333. The van der Waals surface area contributed by atoms with Gasteiger partial charge in [-0.3, -0.25) is 9.89 Å². The van der Waals surface area contributed by atoms with Crippen LogP contribution >= 0.6 is 11.3 Å². The number of hydrogen-bond donors (Lipinski definition) is 1. The van der Waals surface area contributed by atoms with Crippen molar-refractivity contribution in [3.05, 3.63) is 39.8 Å². The lowest BCUT2D eigenvalue weighted by Gasteiger charge is -2.16. The third kappa shape index (κ3) is 2.74. The lowest BCUT2D eigenvalue weighted by molar-refractivity contribution is 0.0796. The maximum Gasteiger partial charge on any atom is 0.257 e. The first-order valence-corrected chi connectivity index (χ1v) is 6.34. The summed E-state index contributed by atoms with van der Waals surface area (Å²) in [6.45, 7) is 2.58. The van der Waals surface area contributed by atoms with Gasteiger partial charge in [0.15, 0.2) is 0 Å². The van der Waals surface area contributed by atoms with Crippen LogP contribution in [0.15, 0.2) is 23.7 Å². The van der Waals surface area contributed by atoms with Gasteiger partial charge in [0.1, 0.15) is 0 Å². The highest BCUT2D eigenvalue weighted by Gasteiger charge is 2.15.